The summed E-state index contributed by atoms with van der Waals surface area (Å²) in [7, 11) is 1.47. The number of hydrogen-bond donors (Lipinski definition) is 2. The van der Waals surface area contributed by atoms with Gasteiger partial charge in [0.2, 0.25) is 5.91 Å². The van der Waals surface area contributed by atoms with Crippen molar-refractivity contribution in [3.05, 3.63) is 29.8 Å². The number of methoxy groups -OCH3 is 1. The molecule has 1 heterocycles. The van der Waals surface area contributed by atoms with Crippen LogP contribution in [0, 0.1) is 5.41 Å². The molecule has 1 aromatic carbocycles. The van der Waals surface area contributed by atoms with E-state index in [0.717, 1.165) is 0 Å². The monoisotopic (exact) mass is 302 g/mol. The Morgan fingerprint density at radius 2 is 2.14 bits per heavy atom. The molecule has 0 radical (unpaired) electrons. The summed E-state index contributed by atoms with van der Waals surface area (Å²) in [4.78, 5) is 12.1. The van der Waals surface area contributed by atoms with Crippen LogP contribution in [0.4, 0.5) is 13.2 Å². The van der Waals surface area contributed by atoms with Crippen molar-refractivity contribution in [3.8, 4) is 5.75 Å². The van der Waals surface area contributed by atoms with E-state index < -0.39 is 17.5 Å². The molecule has 1 atom stereocenters. The van der Waals surface area contributed by atoms with Crippen molar-refractivity contribution in [1.29, 1.82) is 0 Å². The van der Waals surface area contributed by atoms with Crippen LogP contribution in [0.25, 0.3) is 0 Å². The molecule has 0 spiro atoms. The molecule has 2 N–H and O–H groups in total. The fourth-order valence-corrected chi connectivity index (χ4v) is 2.45. The van der Waals surface area contributed by atoms with Crippen molar-refractivity contribution in [2.75, 3.05) is 20.2 Å². The number of hydrogen-bond acceptors (Lipinski definition) is 3. The zero-order valence-corrected chi connectivity index (χ0v) is 11.6. The van der Waals surface area contributed by atoms with Gasteiger partial charge in [0.1, 0.15) is 5.75 Å². The lowest BCUT2D eigenvalue weighted by Crippen LogP contribution is -2.52. The zero-order valence-electron chi connectivity index (χ0n) is 11.6. The average molecular weight is 302 g/mol. The first-order chi connectivity index (χ1) is 9.90. The van der Waals surface area contributed by atoms with E-state index in [4.69, 9.17) is 4.74 Å². The van der Waals surface area contributed by atoms with E-state index in [9.17, 15) is 18.0 Å². The van der Waals surface area contributed by atoms with Gasteiger partial charge in [-0.05, 0) is 19.0 Å². The molecular formula is C14H17F3N2O2. The van der Waals surface area contributed by atoms with Crippen LogP contribution in [0.3, 0.4) is 0 Å². The van der Waals surface area contributed by atoms with Gasteiger partial charge >= 0.3 is 6.18 Å². The van der Waals surface area contributed by atoms with E-state index in [-0.39, 0.29) is 26.1 Å². The molecule has 0 bridgehead atoms. The number of alkyl halides is 3. The molecule has 1 fully saturated rings. The van der Waals surface area contributed by atoms with Crippen molar-refractivity contribution in [1.82, 2.24) is 10.6 Å². The number of carbonyl (C=O) groups is 1. The van der Waals surface area contributed by atoms with Gasteiger partial charge in [-0.15, -0.1) is 0 Å². The number of nitrogens with one attached hydrogen (secondary N) is 2. The zero-order chi connectivity index (χ0) is 15.5. The van der Waals surface area contributed by atoms with Gasteiger partial charge in [-0.2, -0.15) is 13.2 Å². The number of benzene rings is 1. The molecule has 1 unspecified atom stereocenters. The van der Waals surface area contributed by atoms with Crippen LogP contribution in [0.5, 0.6) is 5.75 Å². The van der Waals surface area contributed by atoms with E-state index in [1.165, 1.54) is 7.11 Å². The molecular weight excluding hydrogens is 285 g/mol. The first-order valence-electron chi connectivity index (χ1n) is 6.58. The van der Waals surface area contributed by atoms with Crippen LogP contribution in [0.15, 0.2) is 24.3 Å². The molecule has 1 saturated heterocycles. The summed E-state index contributed by atoms with van der Waals surface area (Å²) in [6.07, 6.45) is -4.81. The quantitative estimate of drug-likeness (QED) is 0.892. The second kappa shape index (κ2) is 5.93. The smallest absolute Gasteiger partial charge is 0.404 e. The third-order valence-corrected chi connectivity index (χ3v) is 3.76. The summed E-state index contributed by atoms with van der Waals surface area (Å²) < 4.78 is 44.7. The van der Waals surface area contributed by atoms with Gasteiger partial charge in [0, 0.05) is 18.7 Å². The number of rotatable bonds is 4. The first kappa shape index (κ1) is 15.6. The van der Waals surface area contributed by atoms with E-state index in [1.807, 2.05) is 0 Å². The molecule has 4 nitrogen and oxygen atoms in total. The van der Waals surface area contributed by atoms with Crippen LogP contribution in [-0.4, -0.2) is 32.3 Å². The van der Waals surface area contributed by atoms with Gasteiger partial charge in [-0.25, -0.2) is 0 Å². The SMILES string of the molecule is COc1ccccc1CNC(=O)C1(C(F)(F)F)CCNC1. The van der Waals surface area contributed by atoms with Gasteiger partial charge in [0.05, 0.1) is 7.11 Å². The summed E-state index contributed by atoms with van der Waals surface area (Å²) >= 11 is 0. The van der Waals surface area contributed by atoms with Crippen LogP contribution in [0.2, 0.25) is 0 Å². The topological polar surface area (TPSA) is 50.4 Å². The fourth-order valence-electron chi connectivity index (χ4n) is 2.45. The standard InChI is InChI=1S/C14H17F3N2O2/c1-21-11-5-3-2-4-10(11)8-19-12(20)13(14(15,16)17)6-7-18-9-13/h2-5,18H,6-9H2,1H3,(H,19,20). The van der Waals surface area contributed by atoms with Crippen molar-refractivity contribution in [2.24, 2.45) is 5.41 Å². The van der Waals surface area contributed by atoms with Crippen LogP contribution >= 0.6 is 0 Å². The highest BCUT2D eigenvalue weighted by Gasteiger charge is 2.61. The predicted molar refractivity (Wildman–Crippen MR) is 70.8 cm³/mol. The fraction of sp³-hybridized carbons (Fsp3) is 0.500. The minimum Gasteiger partial charge on any atom is -0.496 e. The number of carbonyl (C=O) groups excluding carboxylic acids is 1. The maximum Gasteiger partial charge on any atom is 0.404 e. The molecule has 0 saturated carbocycles. The summed E-state index contributed by atoms with van der Waals surface area (Å²) in [6, 6.07) is 6.88. The number of ether oxygens (including phenoxy) is 1. The lowest BCUT2D eigenvalue weighted by Gasteiger charge is -2.29. The number of amides is 1. The Morgan fingerprint density at radius 1 is 1.43 bits per heavy atom. The molecule has 0 aromatic heterocycles. The maximum absolute atomic E-state index is 13.2. The van der Waals surface area contributed by atoms with Crippen LogP contribution in [0.1, 0.15) is 12.0 Å². The predicted octanol–water partition coefficient (Wildman–Crippen LogP) is 1.85. The summed E-state index contributed by atoms with van der Waals surface area (Å²) in [5.74, 6) is -0.464. The minimum atomic E-state index is -4.57. The lowest BCUT2D eigenvalue weighted by molar-refractivity contribution is -0.216. The third kappa shape index (κ3) is 2.97. The molecule has 1 aromatic rings. The maximum atomic E-state index is 13.2. The summed E-state index contributed by atoms with van der Waals surface area (Å²) in [6.45, 7) is -0.198. The lowest BCUT2D eigenvalue weighted by atomic mass is 9.85. The molecule has 0 aliphatic carbocycles. The minimum absolute atomic E-state index is 0.000671. The van der Waals surface area contributed by atoms with Crippen molar-refractivity contribution >= 4 is 5.91 Å². The first-order valence-corrected chi connectivity index (χ1v) is 6.58. The van der Waals surface area contributed by atoms with E-state index in [1.54, 1.807) is 24.3 Å². The molecule has 21 heavy (non-hydrogen) atoms. The van der Waals surface area contributed by atoms with Gasteiger partial charge in [-0.1, -0.05) is 18.2 Å². The van der Waals surface area contributed by atoms with E-state index in [0.29, 0.717) is 11.3 Å². The van der Waals surface area contributed by atoms with E-state index >= 15 is 0 Å². The van der Waals surface area contributed by atoms with Gasteiger partial charge in [-0.3, -0.25) is 4.79 Å². The average Bonchev–Trinajstić information content (AvgIpc) is 2.95. The molecule has 7 heteroatoms. The Morgan fingerprint density at radius 3 is 2.71 bits per heavy atom. The van der Waals surface area contributed by atoms with Crippen LogP contribution < -0.4 is 15.4 Å². The Bertz CT molecular complexity index is 511. The number of halogens is 3. The van der Waals surface area contributed by atoms with Gasteiger partial charge in [0.25, 0.3) is 0 Å². The van der Waals surface area contributed by atoms with Crippen molar-refractivity contribution in [2.45, 2.75) is 19.1 Å². The van der Waals surface area contributed by atoms with Crippen LogP contribution in [-0.2, 0) is 11.3 Å². The Kier molecular flexibility index (Phi) is 4.41. The third-order valence-electron chi connectivity index (χ3n) is 3.76. The Balaban J connectivity index is 2.10. The van der Waals surface area contributed by atoms with E-state index in [2.05, 4.69) is 10.6 Å². The largest absolute Gasteiger partial charge is 0.496 e. The number of para-hydroxylation sites is 1. The summed E-state index contributed by atoms with van der Waals surface area (Å²) in [5.41, 5.74) is -1.70. The molecule has 1 amide bonds. The normalized spacial score (nSPS) is 22.1. The second-order valence-electron chi connectivity index (χ2n) is 5.00. The highest BCUT2D eigenvalue weighted by molar-refractivity contribution is 5.84. The molecule has 116 valence electrons. The molecule has 2 rings (SSSR count). The highest BCUT2D eigenvalue weighted by atomic mass is 19.4. The van der Waals surface area contributed by atoms with Crippen molar-refractivity contribution in [3.63, 3.8) is 0 Å². The molecule has 1 aliphatic rings. The van der Waals surface area contributed by atoms with Gasteiger partial charge in [0.15, 0.2) is 5.41 Å². The highest BCUT2D eigenvalue weighted by Crippen LogP contribution is 2.43. The Labute approximate surface area is 120 Å². The van der Waals surface area contributed by atoms with Gasteiger partial charge < -0.3 is 15.4 Å². The summed E-state index contributed by atoms with van der Waals surface area (Å²) in [5, 5.41) is 5.00. The second-order valence-corrected chi connectivity index (χ2v) is 5.00. The molecule has 1 aliphatic heterocycles. The van der Waals surface area contributed by atoms with Crippen molar-refractivity contribution < 1.29 is 22.7 Å². The Hall–Kier alpha value is -1.76.